The van der Waals surface area contributed by atoms with Crippen LogP contribution in [0.5, 0.6) is 0 Å². The van der Waals surface area contributed by atoms with Gasteiger partial charge in [-0.2, -0.15) is 0 Å². The van der Waals surface area contributed by atoms with Crippen LogP contribution in [-0.2, 0) is 6.54 Å². The van der Waals surface area contributed by atoms with Gasteiger partial charge in [0.1, 0.15) is 0 Å². The Hall–Kier alpha value is -0.0900. The number of hydrazine groups is 1. The number of nitrogens with one attached hydrogen (secondary N) is 2. The Kier molecular flexibility index (Phi) is 6.36. The molecular formula is C11H12ClIN2S. The first-order chi connectivity index (χ1) is 7.83. The van der Waals surface area contributed by atoms with E-state index in [1.54, 1.807) is 0 Å². The van der Waals surface area contributed by atoms with Crippen molar-refractivity contribution in [3.8, 4) is 11.2 Å². The van der Waals surface area contributed by atoms with Crippen LogP contribution in [0.4, 0.5) is 5.69 Å². The summed E-state index contributed by atoms with van der Waals surface area (Å²) in [4.78, 5) is 0. The van der Waals surface area contributed by atoms with Crippen LogP contribution in [0.1, 0.15) is 25.0 Å². The van der Waals surface area contributed by atoms with Gasteiger partial charge in [0.2, 0.25) is 0 Å². The van der Waals surface area contributed by atoms with E-state index in [1.165, 1.54) is 8.93 Å². The summed E-state index contributed by atoms with van der Waals surface area (Å²) in [6, 6.07) is 3.82. The molecule has 1 aliphatic rings. The maximum Gasteiger partial charge on any atom is 0.0732 e. The summed E-state index contributed by atoms with van der Waals surface area (Å²) in [5.74, 6) is 3.09. The lowest BCUT2D eigenvalue weighted by Crippen LogP contribution is -2.11. The van der Waals surface area contributed by atoms with Crippen LogP contribution >= 0.6 is 41.7 Å². The Labute approximate surface area is 117 Å². The molecule has 0 saturated heterocycles. The zero-order chi connectivity index (χ0) is 12.0. The Morgan fingerprint density at radius 3 is 2.88 bits per heavy atom. The molecule has 1 aliphatic heterocycles. The number of fused-ring (bicyclic) bond motifs is 1. The summed E-state index contributed by atoms with van der Waals surface area (Å²) in [5.41, 5.74) is 9.20. The van der Waals surface area contributed by atoms with Crippen LogP contribution in [0, 0.1) is 11.2 Å². The van der Waals surface area contributed by atoms with Gasteiger partial charge in [-0.15, -0.1) is 0 Å². The van der Waals surface area contributed by atoms with Crippen LogP contribution in [0.2, 0.25) is 5.02 Å². The number of rotatable bonds is 0. The second kappa shape index (κ2) is 7.28. The second-order valence-electron chi connectivity index (χ2n) is 2.73. The van der Waals surface area contributed by atoms with Gasteiger partial charge in [0, 0.05) is 38.9 Å². The van der Waals surface area contributed by atoms with E-state index in [2.05, 4.69) is 43.2 Å². The number of hydrogen-bond donors (Lipinski definition) is 2. The van der Waals surface area contributed by atoms with Crippen LogP contribution < -0.4 is 10.9 Å². The summed E-state index contributed by atoms with van der Waals surface area (Å²) in [6.45, 7) is 4.77. The predicted octanol–water partition coefficient (Wildman–Crippen LogP) is 4.19. The van der Waals surface area contributed by atoms with Gasteiger partial charge in [0.25, 0.3) is 0 Å². The summed E-state index contributed by atoms with van der Waals surface area (Å²) < 4.78 is 0. The van der Waals surface area contributed by atoms with Gasteiger partial charge in [-0.05, 0) is 26.3 Å². The molecule has 1 heterocycles. The third kappa shape index (κ3) is 3.20. The third-order valence-corrected chi connectivity index (χ3v) is 3.12. The highest BCUT2D eigenvalue weighted by atomic mass is 127. The van der Waals surface area contributed by atoms with Crippen molar-refractivity contribution in [2.75, 3.05) is 5.43 Å². The first kappa shape index (κ1) is 14.0. The lowest BCUT2D eigenvalue weighted by Gasteiger charge is -2.02. The zero-order valence-electron chi connectivity index (χ0n) is 9.03. The van der Waals surface area contributed by atoms with Gasteiger partial charge in [0.15, 0.2) is 0 Å². The summed E-state index contributed by atoms with van der Waals surface area (Å²) in [6.07, 6.45) is 0. The average Bonchev–Trinajstić information content (AvgIpc) is 2.81. The zero-order valence-corrected chi connectivity index (χ0v) is 12.8. The molecule has 0 fully saturated rings. The Bertz CT molecular complexity index is 426. The van der Waals surface area contributed by atoms with Crippen molar-refractivity contribution in [1.82, 2.24) is 5.43 Å². The minimum absolute atomic E-state index is 0.734. The first-order valence-corrected chi connectivity index (χ1v) is 8.65. The molecule has 0 radical (unpaired) electrons. The number of benzene rings is 1. The highest BCUT2D eigenvalue weighted by Crippen LogP contribution is 2.31. The molecule has 1 aromatic carbocycles. The van der Waals surface area contributed by atoms with Gasteiger partial charge in [-0.1, -0.05) is 31.4 Å². The maximum absolute atomic E-state index is 6.02. The van der Waals surface area contributed by atoms with Crippen LogP contribution in [-0.4, -0.2) is 0 Å². The Morgan fingerprint density at radius 1 is 1.44 bits per heavy atom. The van der Waals surface area contributed by atoms with E-state index in [9.17, 15) is 0 Å². The maximum atomic E-state index is 6.02. The lowest BCUT2D eigenvalue weighted by atomic mass is 10.1. The van der Waals surface area contributed by atoms with E-state index < -0.39 is 0 Å². The van der Waals surface area contributed by atoms with Crippen molar-refractivity contribution >= 4 is 47.4 Å². The predicted molar refractivity (Wildman–Crippen MR) is 81.8 cm³/mol. The second-order valence-corrected chi connectivity index (χ2v) is 4.82. The van der Waals surface area contributed by atoms with E-state index in [-0.39, 0.29) is 0 Å². The topological polar surface area (TPSA) is 24.1 Å². The van der Waals surface area contributed by atoms with Crippen molar-refractivity contribution in [3.05, 3.63) is 28.3 Å². The molecule has 86 valence electrons. The van der Waals surface area contributed by atoms with Crippen molar-refractivity contribution in [2.45, 2.75) is 20.4 Å². The monoisotopic (exact) mass is 366 g/mol. The Balaban J connectivity index is 0.000000606. The molecule has 2 N–H and O–H groups in total. The fraction of sp³-hybridized carbons (Fsp3) is 0.273. The van der Waals surface area contributed by atoms with E-state index in [0.717, 1.165) is 28.4 Å². The molecular weight excluding hydrogens is 355 g/mol. The minimum atomic E-state index is 0.734. The standard InChI is InChI=1S/C9H6ClIN2S.C2H6/c10-8-2-1-6(3-4-14-11)7-5-12-13-9(7)8;1-2/h1-2,12-13H,5H2;1-2H3. The first-order valence-electron chi connectivity index (χ1n) is 4.92. The number of anilines is 1. The van der Waals surface area contributed by atoms with Crippen molar-refractivity contribution in [3.63, 3.8) is 0 Å². The highest BCUT2D eigenvalue weighted by molar-refractivity contribution is 14.2. The van der Waals surface area contributed by atoms with Gasteiger partial charge in [-0.25, -0.2) is 5.43 Å². The molecule has 0 aliphatic carbocycles. The molecule has 0 amide bonds. The normalized spacial score (nSPS) is 11.5. The molecule has 5 heteroatoms. The van der Waals surface area contributed by atoms with Crippen LogP contribution in [0.25, 0.3) is 0 Å². The van der Waals surface area contributed by atoms with E-state index in [1.807, 2.05) is 26.0 Å². The average molecular weight is 367 g/mol. The molecule has 16 heavy (non-hydrogen) atoms. The fourth-order valence-electron chi connectivity index (χ4n) is 1.35. The highest BCUT2D eigenvalue weighted by Gasteiger charge is 2.15. The molecule has 0 unspecified atom stereocenters. The molecule has 0 bridgehead atoms. The summed E-state index contributed by atoms with van der Waals surface area (Å²) in [5, 5.41) is 3.70. The quantitative estimate of drug-likeness (QED) is 0.532. The molecule has 0 atom stereocenters. The van der Waals surface area contributed by atoms with Gasteiger partial charge in [-0.3, -0.25) is 0 Å². The number of hydrogen-bond acceptors (Lipinski definition) is 3. The van der Waals surface area contributed by atoms with Gasteiger partial charge >= 0.3 is 0 Å². The van der Waals surface area contributed by atoms with E-state index in [0.29, 0.717) is 0 Å². The molecule has 2 rings (SSSR count). The summed E-state index contributed by atoms with van der Waals surface area (Å²) >= 11 is 8.17. The molecule has 0 saturated carbocycles. The molecule has 0 spiro atoms. The van der Waals surface area contributed by atoms with Gasteiger partial charge in [0.05, 0.1) is 10.7 Å². The van der Waals surface area contributed by atoms with Crippen molar-refractivity contribution in [1.29, 1.82) is 0 Å². The molecule has 0 aromatic heterocycles. The Morgan fingerprint density at radius 2 is 2.19 bits per heavy atom. The van der Waals surface area contributed by atoms with E-state index >= 15 is 0 Å². The van der Waals surface area contributed by atoms with Crippen molar-refractivity contribution in [2.24, 2.45) is 0 Å². The number of halogens is 2. The van der Waals surface area contributed by atoms with Crippen LogP contribution in [0.3, 0.4) is 0 Å². The summed E-state index contributed by atoms with van der Waals surface area (Å²) in [7, 11) is 1.48. The molecule has 2 nitrogen and oxygen atoms in total. The third-order valence-electron chi connectivity index (χ3n) is 1.96. The lowest BCUT2D eigenvalue weighted by molar-refractivity contribution is 0.859. The largest absolute Gasteiger partial charge is 0.319 e. The molecule has 1 aromatic rings. The fourth-order valence-corrected chi connectivity index (χ4v) is 2.05. The van der Waals surface area contributed by atoms with E-state index in [4.69, 9.17) is 11.6 Å². The smallest absolute Gasteiger partial charge is 0.0732 e. The minimum Gasteiger partial charge on any atom is -0.319 e. The van der Waals surface area contributed by atoms with Gasteiger partial charge < -0.3 is 5.43 Å². The van der Waals surface area contributed by atoms with Crippen LogP contribution in [0.15, 0.2) is 12.1 Å². The van der Waals surface area contributed by atoms with Crippen molar-refractivity contribution < 1.29 is 0 Å². The SMILES string of the molecule is CC.Clc1ccc(C#CSI)c2c1NNC2.